The van der Waals surface area contributed by atoms with Crippen molar-refractivity contribution in [3.05, 3.63) is 0 Å². The Hall–Kier alpha value is -0.939. The van der Waals surface area contributed by atoms with E-state index in [1.807, 2.05) is 0 Å². The Morgan fingerprint density at radius 3 is 1.04 bits per heavy atom. The highest BCUT2D eigenvalue weighted by molar-refractivity contribution is 6.74. The van der Waals surface area contributed by atoms with Crippen LogP contribution in [-0.2, 0) is 0 Å². The molecule has 28 heavy (non-hydrogen) atoms. The second kappa shape index (κ2) is 10.2. The lowest BCUT2D eigenvalue weighted by Crippen LogP contribution is -2.41. The van der Waals surface area contributed by atoms with E-state index in [1.54, 1.807) is 0 Å². The van der Waals surface area contributed by atoms with Crippen molar-refractivity contribution in [3.8, 4) is 0 Å². The predicted octanol–water partition coefficient (Wildman–Crippen LogP) is 5.17. The summed E-state index contributed by atoms with van der Waals surface area (Å²) in [6.07, 6.45) is 1.57. The Labute approximate surface area is 178 Å². The molecule has 0 N–H and O–H groups in total. The van der Waals surface area contributed by atoms with Crippen LogP contribution < -0.4 is 0 Å². The third-order valence-electron chi connectivity index (χ3n) is 4.77. The van der Waals surface area contributed by atoms with Gasteiger partial charge in [-0.15, -0.1) is 0 Å². The Bertz CT molecular complexity index is 554. The molecule has 0 aliphatic carbocycles. The van der Waals surface area contributed by atoms with Crippen molar-refractivity contribution in [2.75, 3.05) is 21.1 Å². The van der Waals surface area contributed by atoms with E-state index < -0.39 is 24.7 Å². The van der Waals surface area contributed by atoms with Crippen molar-refractivity contribution in [3.63, 3.8) is 0 Å². The summed E-state index contributed by atoms with van der Waals surface area (Å²) < 4.78 is 6.53. The van der Waals surface area contributed by atoms with E-state index in [0.717, 1.165) is 30.0 Å². The number of hydrogen-bond donors (Lipinski definition) is 0. The Morgan fingerprint density at radius 1 is 0.536 bits per heavy atom. The summed E-state index contributed by atoms with van der Waals surface area (Å²) in [7, 11) is 1.93. The van der Waals surface area contributed by atoms with Gasteiger partial charge in [0.1, 0.15) is 0 Å². The van der Waals surface area contributed by atoms with E-state index in [2.05, 4.69) is 108 Å². The SMILES string of the molecule is C/C(CC(C/C(C)=N/N(C)[Si](C)(C)C)=NN(C)[Si](C)(C)C)=N\N(C)[Si](C)(C)C. The molecule has 0 heterocycles. The van der Waals surface area contributed by atoms with Gasteiger partial charge in [0.25, 0.3) is 0 Å². The fourth-order valence-corrected chi connectivity index (χ4v) is 3.35. The number of hydrazone groups is 3. The molecule has 0 rings (SSSR count). The van der Waals surface area contributed by atoms with Gasteiger partial charge in [0, 0.05) is 51.1 Å². The smallest absolute Gasteiger partial charge is 0.168 e. The van der Waals surface area contributed by atoms with Crippen molar-refractivity contribution in [2.45, 2.75) is 85.6 Å². The second-order valence-corrected chi connectivity index (χ2v) is 25.7. The maximum Gasteiger partial charge on any atom is 0.168 e. The van der Waals surface area contributed by atoms with E-state index >= 15 is 0 Å². The van der Waals surface area contributed by atoms with Crippen LogP contribution in [0, 0.1) is 0 Å². The molecule has 0 atom stereocenters. The topological polar surface area (TPSA) is 46.8 Å². The quantitative estimate of drug-likeness (QED) is 0.266. The van der Waals surface area contributed by atoms with Crippen LogP contribution in [0.1, 0.15) is 26.7 Å². The van der Waals surface area contributed by atoms with Gasteiger partial charge >= 0.3 is 0 Å². The molecule has 0 saturated heterocycles. The minimum Gasteiger partial charge on any atom is -0.328 e. The lowest BCUT2D eigenvalue weighted by molar-refractivity contribution is 0.540. The Morgan fingerprint density at radius 2 is 0.786 bits per heavy atom. The zero-order valence-corrected chi connectivity index (χ0v) is 24.1. The Kier molecular flexibility index (Phi) is 9.86. The van der Waals surface area contributed by atoms with Crippen LogP contribution in [0.25, 0.3) is 0 Å². The molecule has 6 nitrogen and oxygen atoms in total. The molecule has 0 aromatic rings. The molecule has 0 bridgehead atoms. The summed E-state index contributed by atoms with van der Waals surface area (Å²) in [5, 5.41) is 14.7. The average Bonchev–Trinajstić information content (AvgIpc) is 2.43. The lowest BCUT2D eigenvalue weighted by Gasteiger charge is -2.30. The van der Waals surface area contributed by atoms with Gasteiger partial charge in [-0.2, -0.15) is 15.3 Å². The first-order valence-corrected chi connectivity index (χ1v) is 20.5. The first-order chi connectivity index (χ1) is 12.3. The van der Waals surface area contributed by atoms with Gasteiger partial charge in [-0.25, -0.2) is 0 Å². The molecule has 0 aliphatic rings. The summed E-state index contributed by atoms with van der Waals surface area (Å²) >= 11 is 0. The van der Waals surface area contributed by atoms with Gasteiger partial charge in [0.05, 0.1) is 0 Å². The number of rotatable bonds is 10. The zero-order chi connectivity index (χ0) is 22.5. The van der Waals surface area contributed by atoms with E-state index in [4.69, 9.17) is 15.3 Å². The van der Waals surface area contributed by atoms with Gasteiger partial charge in [-0.1, -0.05) is 58.9 Å². The molecular formula is C19H46N6Si3. The molecule has 0 amide bonds. The monoisotopic (exact) mass is 442 g/mol. The molecule has 0 fully saturated rings. The van der Waals surface area contributed by atoms with Crippen molar-refractivity contribution < 1.29 is 0 Å². The lowest BCUT2D eigenvalue weighted by atomic mass is 10.1. The molecule has 0 aromatic carbocycles. The molecule has 0 aromatic heterocycles. The predicted molar refractivity (Wildman–Crippen MR) is 136 cm³/mol. The van der Waals surface area contributed by atoms with Gasteiger partial charge in [0.2, 0.25) is 0 Å². The standard InChI is InChI=1S/C19H46N6Si3/c1-17(20-23(3)26(6,7)8)15-19(22-25(5)28(12,13)14)16-18(2)21-24(4)27(9,10)11/h15-16H2,1-14H3/b20-17+,21-18+. The summed E-state index contributed by atoms with van der Waals surface area (Å²) in [5.74, 6) is 0. The molecule has 0 unspecified atom stereocenters. The van der Waals surface area contributed by atoms with Gasteiger partial charge in [0.15, 0.2) is 24.7 Å². The highest BCUT2D eigenvalue weighted by Gasteiger charge is 2.22. The fourth-order valence-electron chi connectivity index (χ4n) is 1.97. The maximum atomic E-state index is 5.00. The Balaban J connectivity index is 5.65. The summed E-state index contributed by atoms with van der Waals surface area (Å²) in [6.45, 7) is 25.0. The van der Waals surface area contributed by atoms with Crippen molar-refractivity contribution in [2.24, 2.45) is 15.3 Å². The number of hydrogen-bond acceptors (Lipinski definition) is 6. The normalized spacial score (nSPS) is 14.1. The summed E-state index contributed by atoms with van der Waals surface area (Å²) in [4.78, 5) is 0. The average molecular weight is 443 g/mol. The second-order valence-electron chi connectivity index (χ2n) is 10.8. The third-order valence-corrected chi connectivity index (χ3v) is 10.9. The first kappa shape index (κ1) is 27.1. The highest BCUT2D eigenvalue weighted by atomic mass is 28.3. The van der Waals surface area contributed by atoms with Crippen molar-refractivity contribution in [1.29, 1.82) is 0 Å². The summed E-state index contributed by atoms with van der Waals surface area (Å²) in [6, 6.07) is 0. The molecule has 164 valence electrons. The third kappa shape index (κ3) is 10.6. The highest BCUT2D eigenvalue weighted by Crippen LogP contribution is 2.13. The number of nitrogens with zero attached hydrogens (tertiary/aromatic N) is 6. The van der Waals surface area contributed by atoms with Gasteiger partial charge in [-0.3, -0.25) is 0 Å². The summed E-state index contributed by atoms with van der Waals surface area (Å²) in [5.41, 5.74) is 3.36. The van der Waals surface area contributed by atoms with Crippen LogP contribution in [0.2, 0.25) is 58.9 Å². The fraction of sp³-hybridized carbons (Fsp3) is 0.842. The van der Waals surface area contributed by atoms with Gasteiger partial charge < -0.3 is 14.0 Å². The largest absolute Gasteiger partial charge is 0.328 e. The zero-order valence-electron chi connectivity index (χ0n) is 21.1. The molecule has 0 aliphatic heterocycles. The molecule has 0 spiro atoms. The van der Waals surface area contributed by atoms with Crippen molar-refractivity contribution in [1.82, 2.24) is 14.0 Å². The van der Waals surface area contributed by atoms with E-state index in [-0.39, 0.29) is 0 Å². The molecular weight excluding hydrogens is 397 g/mol. The maximum absolute atomic E-state index is 5.00. The van der Waals surface area contributed by atoms with Crippen LogP contribution in [0.3, 0.4) is 0 Å². The van der Waals surface area contributed by atoms with Crippen LogP contribution in [-0.4, -0.2) is 77.0 Å². The van der Waals surface area contributed by atoms with Crippen LogP contribution in [0.5, 0.6) is 0 Å². The minimum absolute atomic E-state index is 0.785. The van der Waals surface area contributed by atoms with Crippen LogP contribution in [0.15, 0.2) is 15.3 Å². The minimum atomic E-state index is -1.49. The van der Waals surface area contributed by atoms with Crippen LogP contribution >= 0.6 is 0 Å². The van der Waals surface area contributed by atoms with E-state index in [9.17, 15) is 0 Å². The molecule has 0 radical (unpaired) electrons. The molecule has 0 saturated carbocycles. The van der Waals surface area contributed by atoms with E-state index in [1.165, 1.54) is 0 Å². The van der Waals surface area contributed by atoms with Crippen LogP contribution in [0.4, 0.5) is 0 Å². The van der Waals surface area contributed by atoms with Crippen molar-refractivity contribution >= 4 is 41.8 Å². The first-order valence-electron chi connectivity index (χ1n) is 10.2. The van der Waals surface area contributed by atoms with E-state index in [0.29, 0.717) is 0 Å². The van der Waals surface area contributed by atoms with Gasteiger partial charge in [-0.05, 0) is 13.8 Å². The molecule has 9 heteroatoms.